The average Bonchev–Trinajstić information content (AvgIpc) is 2.87. The van der Waals surface area contributed by atoms with Crippen LogP contribution in [0.15, 0.2) is 24.3 Å². The molecule has 1 saturated carbocycles. The molecule has 2 rings (SSSR count). The van der Waals surface area contributed by atoms with E-state index in [4.69, 9.17) is 0 Å². The average molecular weight is 145 g/mol. The lowest BCUT2D eigenvalue weighted by Crippen LogP contribution is -1.83. The summed E-state index contributed by atoms with van der Waals surface area (Å²) in [6, 6.07) is 7.79. The molecule has 55 valence electrons. The fraction of sp³-hybridized carbons (Fsp3) is 0.200. The Morgan fingerprint density at radius 3 is 2.73 bits per heavy atom. The van der Waals surface area contributed by atoms with Gasteiger partial charge in [0.25, 0.3) is 0 Å². The molecule has 11 heavy (non-hydrogen) atoms. The molecule has 1 aliphatic rings. The van der Waals surface area contributed by atoms with Crippen LogP contribution < -0.4 is 0 Å². The van der Waals surface area contributed by atoms with E-state index >= 15 is 0 Å². The lowest BCUT2D eigenvalue weighted by Gasteiger charge is -1.96. The van der Waals surface area contributed by atoms with Crippen LogP contribution in [-0.2, 0) is 0 Å². The number of carbonyl (C=O) groups excluding carboxylic acids is 1. The predicted molar refractivity (Wildman–Crippen MR) is 43.4 cm³/mol. The quantitative estimate of drug-likeness (QED) is 0.583. The van der Waals surface area contributed by atoms with Gasteiger partial charge in [0.15, 0.2) is 0 Å². The van der Waals surface area contributed by atoms with Crippen LogP contribution in [-0.4, -0.2) is 6.29 Å². The highest BCUT2D eigenvalue weighted by atomic mass is 16.1. The molecule has 0 aliphatic heterocycles. The van der Waals surface area contributed by atoms with E-state index in [0.717, 1.165) is 11.8 Å². The molecule has 1 nitrogen and oxygen atoms in total. The van der Waals surface area contributed by atoms with E-state index in [1.54, 1.807) is 0 Å². The minimum absolute atomic E-state index is 0.780. The Morgan fingerprint density at radius 1 is 1.27 bits per heavy atom. The second-order valence-electron chi connectivity index (χ2n) is 2.85. The molecular formula is C10H9O. The second kappa shape index (κ2) is 2.50. The Labute approximate surface area is 66.0 Å². The standard InChI is InChI=1S/C10H9O/c11-7-8-2-1-3-10(6-8)9-4-5-9/h1-3,6-7H,4-5H2. The maximum atomic E-state index is 10.4. The van der Waals surface area contributed by atoms with Gasteiger partial charge in [-0.3, -0.25) is 4.79 Å². The first kappa shape index (κ1) is 6.59. The largest absolute Gasteiger partial charge is 0.298 e. The summed E-state index contributed by atoms with van der Waals surface area (Å²) in [7, 11) is 0. The number of hydrogen-bond acceptors (Lipinski definition) is 1. The van der Waals surface area contributed by atoms with Gasteiger partial charge in [-0.1, -0.05) is 18.2 Å². The first-order valence-electron chi connectivity index (χ1n) is 3.80. The van der Waals surface area contributed by atoms with Crippen LogP contribution >= 0.6 is 0 Å². The Kier molecular flexibility index (Phi) is 1.50. The molecule has 0 spiro atoms. The Hall–Kier alpha value is -1.11. The van der Waals surface area contributed by atoms with E-state index < -0.39 is 0 Å². The molecule has 1 aliphatic carbocycles. The van der Waals surface area contributed by atoms with Gasteiger partial charge in [0, 0.05) is 11.5 Å². The normalized spacial score (nSPS) is 16.4. The lowest BCUT2D eigenvalue weighted by molar-refractivity contribution is 0.112. The highest BCUT2D eigenvalue weighted by Crippen LogP contribution is 2.38. The first-order valence-corrected chi connectivity index (χ1v) is 3.80. The van der Waals surface area contributed by atoms with Crippen molar-refractivity contribution < 1.29 is 4.79 Å². The van der Waals surface area contributed by atoms with Gasteiger partial charge in [-0.05, 0) is 24.5 Å². The predicted octanol–water partition coefficient (Wildman–Crippen LogP) is 2.22. The van der Waals surface area contributed by atoms with Gasteiger partial charge < -0.3 is 0 Å². The molecule has 0 aromatic heterocycles. The van der Waals surface area contributed by atoms with Gasteiger partial charge in [0.1, 0.15) is 6.29 Å². The van der Waals surface area contributed by atoms with Gasteiger partial charge in [-0.2, -0.15) is 0 Å². The van der Waals surface area contributed by atoms with Crippen molar-refractivity contribution in [1.82, 2.24) is 0 Å². The van der Waals surface area contributed by atoms with Crippen molar-refractivity contribution in [3.63, 3.8) is 0 Å². The number of rotatable bonds is 2. The van der Waals surface area contributed by atoms with E-state index in [-0.39, 0.29) is 0 Å². The van der Waals surface area contributed by atoms with Crippen LogP contribution in [0.25, 0.3) is 0 Å². The van der Waals surface area contributed by atoms with E-state index in [2.05, 4.69) is 6.07 Å². The van der Waals surface area contributed by atoms with Crippen molar-refractivity contribution in [2.24, 2.45) is 0 Å². The number of aldehydes is 1. The van der Waals surface area contributed by atoms with Crippen LogP contribution in [0.1, 0.15) is 28.8 Å². The van der Waals surface area contributed by atoms with Crippen LogP contribution in [0.4, 0.5) is 0 Å². The third-order valence-corrected chi connectivity index (χ3v) is 1.93. The zero-order valence-electron chi connectivity index (χ0n) is 6.21. The van der Waals surface area contributed by atoms with Gasteiger partial charge in [0.05, 0.1) is 0 Å². The van der Waals surface area contributed by atoms with E-state index in [9.17, 15) is 4.79 Å². The van der Waals surface area contributed by atoms with Crippen LogP contribution in [0.2, 0.25) is 0 Å². The lowest BCUT2D eigenvalue weighted by atomic mass is 10.1. The van der Waals surface area contributed by atoms with Crippen LogP contribution in [0.5, 0.6) is 0 Å². The van der Waals surface area contributed by atoms with E-state index in [0.29, 0.717) is 0 Å². The third-order valence-electron chi connectivity index (χ3n) is 1.93. The summed E-state index contributed by atoms with van der Waals surface area (Å²) in [5.74, 6) is 1.48. The molecule has 1 fully saturated rings. The number of benzene rings is 1. The summed E-state index contributed by atoms with van der Waals surface area (Å²) in [5, 5.41) is 0. The molecule has 0 bridgehead atoms. The molecule has 1 aromatic rings. The topological polar surface area (TPSA) is 17.1 Å². The molecule has 1 aromatic carbocycles. The Balaban J connectivity index is 2.33. The highest BCUT2D eigenvalue weighted by molar-refractivity contribution is 5.75. The van der Waals surface area contributed by atoms with Gasteiger partial charge in [-0.25, -0.2) is 0 Å². The second-order valence-corrected chi connectivity index (χ2v) is 2.85. The Bertz CT molecular complexity index is 274. The fourth-order valence-electron chi connectivity index (χ4n) is 1.18. The molecule has 0 saturated heterocycles. The number of hydrogen-bond donors (Lipinski definition) is 0. The summed E-state index contributed by atoms with van der Waals surface area (Å²) in [4.78, 5) is 10.4. The molecule has 0 N–H and O–H groups in total. The summed E-state index contributed by atoms with van der Waals surface area (Å²) in [6.45, 7) is 0. The molecule has 0 atom stereocenters. The first-order chi connectivity index (χ1) is 5.40. The molecule has 0 unspecified atom stereocenters. The van der Waals surface area contributed by atoms with Crippen molar-refractivity contribution in [2.75, 3.05) is 0 Å². The van der Waals surface area contributed by atoms with Crippen molar-refractivity contribution in [3.8, 4) is 0 Å². The van der Waals surface area contributed by atoms with Gasteiger partial charge in [0.2, 0.25) is 0 Å². The zero-order chi connectivity index (χ0) is 7.68. The monoisotopic (exact) mass is 145 g/mol. The smallest absolute Gasteiger partial charge is 0.150 e. The molecular weight excluding hydrogens is 136 g/mol. The summed E-state index contributed by atoms with van der Waals surface area (Å²) >= 11 is 0. The minimum atomic E-state index is 0.780. The van der Waals surface area contributed by atoms with Crippen LogP contribution in [0.3, 0.4) is 0 Å². The SMILES string of the molecule is O=Cc1cccc([C]2CC2)c1. The molecule has 0 heterocycles. The maximum absolute atomic E-state index is 10.4. The van der Waals surface area contributed by atoms with Crippen molar-refractivity contribution in [3.05, 3.63) is 41.3 Å². The summed E-state index contributed by atoms with van der Waals surface area (Å²) in [5.41, 5.74) is 2.02. The Morgan fingerprint density at radius 2 is 2.09 bits per heavy atom. The zero-order valence-corrected chi connectivity index (χ0v) is 6.21. The molecule has 0 amide bonds. The van der Waals surface area contributed by atoms with Crippen molar-refractivity contribution in [1.29, 1.82) is 0 Å². The van der Waals surface area contributed by atoms with Crippen molar-refractivity contribution in [2.45, 2.75) is 12.8 Å². The minimum Gasteiger partial charge on any atom is -0.298 e. The molecule has 1 radical (unpaired) electrons. The van der Waals surface area contributed by atoms with E-state index in [1.807, 2.05) is 18.2 Å². The fourth-order valence-corrected chi connectivity index (χ4v) is 1.18. The van der Waals surface area contributed by atoms with Gasteiger partial charge in [-0.15, -0.1) is 0 Å². The third kappa shape index (κ3) is 1.32. The highest BCUT2D eigenvalue weighted by Gasteiger charge is 2.23. The summed E-state index contributed by atoms with van der Waals surface area (Å²) < 4.78 is 0. The molecule has 1 heteroatoms. The number of carbonyl (C=O) groups is 1. The van der Waals surface area contributed by atoms with E-state index in [1.165, 1.54) is 24.3 Å². The summed E-state index contributed by atoms with van der Waals surface area (Å²) in [6.07, 6.45) is 3.32. The maximum Gasteiger partial charge on any atom is 0.150 e. The van der Waals surface area contributed by atoms with Crippen molar-refractivity contribution >= 4 is 6.29 Å². The van der Waals surface area contributed by atoms with Crippen LogP contribution in [0, 0.1) is 5.92 Å². The van der Waals surface area contributed by atoms with Gasteiger partial charge >= 0.3 is 0 Å².